The van der Waals surface area contributed by atoms with Gasteiger partial charge in [0.1, 0.15) is 11.9 Å². The molecule has 0 saturated carbocycles. The topological polar surface area (TPSA) is 80.2 Å². The van der Waals surface area contributed by atoms with Crippen molar-refractivity contribution in [3.05, 3.63) is 66.4 Å². The van der Waals surface area contributed by atoms with Crippen molar-refractivity contribution in [3.63, 3.8) is 0 Å². The summed E-state index contributed by atoms with van der Waals surface area (Å²) in [6.45, 7) is 4.89. The van der Waals surface area contributed by atoms with E-state index < -0.39 is 11.9 Å². The van der Waals surface area contributed by atoms with Crippen molar-refractivity contribution in [2.45, 2.75) is 26.0 Å². The highest BCUT2D eigenvalue weighted by atomic mass is 19.1. The molecule has 0 spiro atoms. The van der Waals surface area contributed by atoms with Crippen LogP contribution in [0.15, 0.2) is 55.0 Å². The van der Waals surface area contributed by atoms with Crippen LogP contribution in [0.1, 0.15) is 12.5 Å². The Bertz CT molecular complexity index is 1030. The number of hydrogen-bond acceptors (Lipinski definition) is 6. The largest absolute Gasteiger partial charge is 0.374 e. The van der Waals surface area contributed by atoms with Gasteiger partial charge in [0.15, 0.2) is 11.6 Å². The maximum Gasteiger partial charge on any atom is 0.249 e. The number of ether oxygens (including phenoxy) is 1. The van der Waals surface area contributed by atoms with E-state index in [0.717, 1.165) is 29.3 Å². The highest BCUT2D eigenvalue weighted by molar-refractivity contribution is 5.98. The van der Waals surface area contributed by atoms with Crippen LogP contribution in [-0.4, -0.2) is 46.2 Å². The predicted octanol–water partition coefficient (Wildman–Crippen LogP) is 3.22. The molecule has 1 amide bonds. The number of halogens is 1. The fourth-order valence-corrected chi connectivity index (χ4v) is 3.56. The minimum Gasteiger partial charge on any atom is -0.374 e. The van der Waals surface area contributed by atoms with Gasteiger partial charge in [0.25, 0.3) is 0 Å². The number of carbonyl (C=O) groups excluding carboxylic acids is 1. The van der Waals surface area contributed by atoms with Gasteiger partial charge in [-0.1, -0.05) is 12.1 Å². The van der Waals surface area contributed by atoms with Gasteiger partial charge in [-0.05, 0) is 43.7 Å². The number of anilines is 2. The number of carbonyl (C=O) groups is 1. The van der Waals surface area contributed by atoms with Crippen LogP contribution >= 0.6 is 0 Å². The Kier molecular flexibility index (Phi) is 5.67. The third kappa shape index (κ3) is 4.13. The molecule has 30 heavy (non-hydrogen) atoms. The normalized spacial score (nSPS) is 18.8. The van der Waals surface area contributed by atoms with Crippen molar-refractivity contribution in [1.29, 1.82) is 0 Å². The van der Waals surface area contributed by atoms with Crippen molar-refractivity contribution in [3.8, 4) is 11.4 Å². The molecule has 0 unspecified atom stereocenters. The molecule has 1 aliphatic rings. The second-order valence-electron chi connectivity index (χ2n) is 7.15. The van der Waals surface area contributed by atoms with Crippen LogP contribution in [0, 0.1) is 12.7 Å². The molecule has 7 nitrogen and oxygen atoms in total. The Labute approximate surface area is 174 Å². The average Bonchev–Trinajstić information content (AvgIpc) is 2.76. The van der Waals surface area contributed by atoms with Crippen LogP contribution < -0.4 is 10.2 Å². The van der Waals surface area contributed by atoms with Crippen molar-refractivity contribution in [2.75, 3.05) is 23.4 Å². The van der Waals surface area contributed by atoms with E-state index >= 15 is 0 Å². The maximum atomic E-state index is 13.2. The van der Waals surface area contributed by atoms with Crippen LogP contribution in [0.3, 0.4) is 0 Å². The molecule has 3 heterocycles. The van der Waals surface area contributed by atoms with E-state index in [-0.39, 0.29) is 12.0 Å². The van der Waals surface area contributed by atoms with Gasteiger partial charge in [-0.25, -0.2) is 19.3 Å². The van der Waals surface area contributed by atoms with Crippen LogP contribution in [0.4, 0.5) is 15.9 Å². The lowest BCUT2D eigenvalue weighted by atomic mass is 10.1. The van der Waals surface area contributed by atoms with Crippen molar-refractivity contribution < 1.29 is 13.9 Å². The average molecular weight is 407 g/mol. The fourth-order valence-electron chi connectivity index (χ4n) is 3.56. The van der Waals surface area contributed by atoms with Crippen LogP contribution in [-0.2, 0) is 9.53 Å². The smallest absolute Gasteiger partial charge is 0.249 e. The zero-order valence-corrected chi connectivity index (χ0v) is 16.7. The van der Waals surface area contributed by atoms with E-state index in [1.807, 2.05) is 49.1 Å². The number of morpholine rings is 1. The Morgan fingerprint density at radius 2 is 2.00 bits per heavy atom. The molecule has 1 aromatic carbocycles. The predicted molar refractivity (Wildman–Crippen MR) is 112 cm³/mol. The first-order chi connectivity index (χ1) is 14.5. The maximum absolute atomic E-state index is 13.2. The Morgan fingerprint density at radius 3 is 2.73 bits per heavy atom. The Morgan fingerprint density at radius 1 is 1.20 bits per heavy atom. The summed E-state index contributed by atoms with van der Waals surface area (Å²) in [6, 6.07) is 10.6. The molecule has 4 rings (SSSR count). The molecule has 1 N–H and O–H groups in total. The molecule has 0 radical (unpaired) electrons. The molecule has 2 aromatic heterocycles. The zero-order chi connectivity index (χ0) is 21.1. The molecule has 0 aliphatic carbocycles. The van der Waals surface area contributed by atoms with E-state index in [2.05, 4.69) is 20.3 Å². The minimum atomic E-state index is -0.527. The SMILES string of the molecule is Cc1ccc(NC(=O)[C@H]2[C@H](C)OCCN2c2ccccn2)cc1-c1ncc(F)cn1. The Balaban J connectivity index is 1.59. The standard InChI is InChI=1S/C22H22FN5O2/c1-14-6-7-17(11-18(14)21-25-12-16(23)13-26-21)27-22(29)20-15(2)30-10-9-28(20)19-5-3-4-8-24-19/h3-8,11-13,15,20H,9-10H2,1-2H3,(H,27,29)/t15-,20+/m0/s1. The first kappa shape index (κ1) is 19.9. The van der Waals surface area contributed by atoms with E-state index in [0.29, 0.717) is 24.7 Å². The molecule has 0 bridgehead atoms. The number of nitrogens with zero attached hydrogens (tertiary/aromatic N) is 4. The third-order valence-corrected chi connectivity index (χ3v) is 5.07. The Hall–Kier alpha value is -3.39. The lowest BCUT2D eigenvalue weighted by Crippen LogP contribution is -2.56. The molecule has 1 aliphatic heterocycles. The number of pyridine rings is 1. The quantitative estimate of drug-likeness (QED) is 0.715. The molecule has 154 valence electrons. The minimum absolute atomic E-state index is 0.192. The molecule has 1 saturated heterocycles. The summed E-state index contributed by atoms with van der Waals surface area (Å²) < 4.78 is 18.9. The van der Waals surface area contributed by atoms with E-state index in [1.165, 1.54) is 0 Å². The highest BCUT2D eigenvalue weighted by Gasteiger charge is 2.36. The molecule has 2 atom stereocenters. The number of nitrogens with one attached hydrogen (secondary N) is 1. The van der Waals surface area contributed by atoms with Gasteiger partial charge in [0.2, 0.25) is 5.91 Å². The van der Waals surface area contributed by atoms with Gasteiger partial charge in [-0.2, -0.15) is 0 Å². The molecule has 1 fully saturated rings. The molecule has 3 aromatic rings. The molecule has 8 heteroatoms. The number of aromatic nitrogens is 3. The van der Waals surface area contributed by atoms with Gasteiger partial charge in [-0.3, -0.25) is 4.79 Å². The lowest BCUT2D eigenvalue weighted by Gasteiger charge is -2.39. The van der Waals surface area contributed by atoms with Crippen LogP contribution in [0.2, 0.25) is 0 Å². The summed E-state index contributed by atoms with van der Waals surface area (Å²) in [5, 5.41) is 2.97. The monoisotopic (exact) mass is 407 g/mol. The number of benzene rings is 1. The second-order valence-corrected chi connectivity index (χ2v) is 7.15. The van der Waals surface area contributed by atoms with Crippen LogP contribution in [0.25, 0.3) is 11.4 Å². The van der Waals surface area contributed by atoms with E-state index in [1.54, 1.807) is 12.3 Å². The van der Waals surface area contributed by atoms with Crippen molar-refractivity contribution in [1.82, 2.24) is 15.0 Å². The summed E-state index contributed by atoms with van der Waals surface area (Å²) in [6.07, 6.45) is 3.66. The summed E-state index contributed by atoms with van der Waals surface area (Å²) in [5.74, 6) is 0.441. The number of hydrogen-bond donors (Lipinski definition) is 1. The first-order valence-corrected chi connectivity index (χ1v) is 9.71. The number of rotatable bonds is 4. The summed E-state index contributed by atoms with van der Waals surface area (Å²) in [7, 11) is 0. The fraction of sp³-hybridized carbons (Fsp3) is 0.273. The summed E-state index contributed by atoms with van der Waals surface area (Å²) in [5.41, 5.74) is 2.25. The van der Waals surface area contributed by atoms with Gasteiger partial charge in [-0.15, -0.1) is 0 Å². The van der Waals surface area contributed by atoms with Gasteiger partial charge < -0.3 is 15.0 Å². The zero-order valence-electron chi connectivity index (χ0n) is 16.7. The van der Waals surface area contributed by atoms with Gasteiger partial charge in [0.05, 0.1) is 25.1 Å². The van der Waals surface area contributed by atoms with E-state index in [4.69, 9.17) is 4.74 Å². The summed E-state index contributed by atoms with van der Waals surface area (Å²) in [4.78, 5) is 27.6. The highest BCUT2D eigenvalue weighted by Crippen LogP contribution is 2.26. The summed E-state index contributed by atoms with van der Waals surface area (Å²) >= 11 is 0. The third-order valence-electron chi connectivity index (χ3n) is 5.07. The van der Waals surface area contributed by atoms with Crippen molar-refractivity contribution >= 4 is 17.4 Å². The number of aryl methyl sites for hydroxylation is 1. The van der Waals surface area contributed by atoms with Gasteiger partial charge in [0, 0.05) is 24.0 Å². The molecular formula is C22H22FN5O2. The number of amides is 1. The van der Waals surface area contributed by atoms with E-state index in [9.17, 15) is 9.18 Å². The second kappa shape index (κ2) is 8.54. The first-order valence-electron chi connectivity index (χ1n) is 9.71. The molecular weight excluding hydrogens is 385 g/mol. The lowest BCUT2D eigenvalue weighted by molar-refractivity contribution is -0.122. The van der Waals surface area contributed by atoms with Gasteiger partial charge >= 0.3 is 0 Å². The van der Waals surface area contributed by atoms with Crippen LogP contribution in [0.5, 0.6) is 0 Å². The van der Waals surface area contributed by atoms with Crippen molar-refractivity contribution in [2.24, 2.45) is 0 Å².